The van der Waals surface area contributed by atoms with Crippen LogP contribution < -0.4 is 5.43 Å². The van der Waals surface area contributed by atoms with Gasteiger partial charge in [0.2, 0.25) is 0 Å². The average molecular weight is 363 g/mol. The third kappa shape index (κ3) is 4.24. The summed E-state index contributed by atoms with van der Waals surface area (Å²) in [5, 5.41) is 21.4. The molecule has 1 aromatic heterocycles. The molecule has 3 rings (SSSR count). The minimum Gasteiger partial charge on any atom is -0.272 e. The Morgan fingerprint density at radius 3 is 2.74 bits per heavy atom. The van der Waals surface area contributed by atoms with Crippen molar-refractivity contribution in [3.05, 3.63) is 81.0 Å². The molecule has 0 fully saturated rings. The minimum atomic E-state index is -0.491. The Hall–Kier alpha value is -3.81. The maximum absolute atomic E-state index is 12.2. The van der Waals surface area contributed by atoms with E-state index in [9.17, 15) is 14.9 Å². The van der Waals surface area contributed by atoms with Crippen LogP contribution in [0, 0.1) is 24.0 Å². The first-order valence-electron chi connectivity index (χ1n) is 8.15. The Bertz CT molecular complexity index is 1040. The first-order valence-corrected chi connectivity index (χ1v) is 8.15. The molecular formula is C19H17N5O3. The summed E-state index contributed by atoms with van der Waals surface area (Å²) in [6, 6.07) is 13.5. The highest BCUT2D eigenvalue weighted by Gasteiger charge is 2.11. The van der Waals surface area contributed by atoms with E-state index in [0.29, 0.717) is 11.3 Å². The summed E-state index contributed by atoms with van der Waals surface area (Å²) in [4.78, 5) is 22.4. The molecule has 0 atom stereocenters. The van der Waals surface area contributed by atoms with Gasteiger partial charge in [-0.1, -0.05) is 24.3 Å². The van der Waals surface area contributed by atoms with Gasteiger partial charge in [-0.05, 0) is 37.1 Å². The summed E-state index contributed by atoms with van der Waals surface area (Å²) in [7, 11) is 0. The number of aromatic nitrogens is 2. The smallest absolute Gasteiger partial charge is 0.272 e. The van der Waals surface area contributed by atoms with Gasteiger partial charge in [0.15, 0.2) is 0 Å². The predicted molar refractivity (Wildman–Crippen MR) is 102 cm³/mol. The van der Waals surface area contributed by atoms with E-state index in [0.717, 1.165) is 11.1 Å². The summed E-state index contributed by atoms with van der Waals surface area (Å²) in [6.07, 6.45) is 1.34. The summed E-state index contributed by atoms with van der Waals surface area (Å²) in [5.41, 5.74) is 6.99. The van der Waals surface area contributed by atoms with Crippen LogP contribution in [-0.4, -0.2) is 27.2 Å². The predicted octanol–water partition coefficient (Wildman–Crippen LogP) is 3.37. The number of carbonyl (C=O) groups is 1. The number of non-ortho nitro benzene ring substituents is 1. The van der Waals surface area contributed by atoms with Crippen molar-refractivity contribution in [3.63, 3.8) is 0 Å². The fourth-order valence-corrected chi connectivity index (χ4v) is 2.43. The van der Waals surface area contributed by atoms with Crippen molar-refractivity contribution in [2.75, 3.05) is 0 Å². The molecule has 1 amide bonds. The SMILES string of the molecule is Cc1ccc(-c2cc(C(=O)NN=Cc3cccc([N+](=O)[O-])c3)[nH]n2)cc1C. The lowest BCUT2D eigenvalue weighted by molar-refractivity contribution is -0.384. The Labute approximate surface area is 155 Å². The van der Waals surface area contributed by atoms with E-state index in [1.54, 1.807) is 18.2 Å². The van der Waals surface area contributed by atoms with Crippen molar-refractivity contribution >= 4 is 17.8 Å². The van der Waals surface area contributed by atoms with Gasteiger partial charge in [-0.15, -0.1) is 0 Å². The zero-order chi connectivity index (χ0) is 19.4. The molecule has 3 aromatic rings. The molecule has 0 bridgehead atoms. The number of aromatic amines is 1. The third-order valence-corrected chi connectivity index (χ3v) is 4.09. The van der Waals surface area contributed by atoms with Crippen molar-refractivity contribution in [1.29, 1.82) is 0 Å². The van der Waals surface area contributed by atoms with Crippen LogP contribution in [-0.2, 0) is 0 Å². The molecule has 136 valence electrons. The van der Waals surface area contributed by atoms with Crippen LogP contribution in [0.3, 0.4) is 0 Å². The Morgan fingerprint density at radius 1 is 1.19 bits per heavy atom. The number of nitro groups is 1. The first-order chi connectivity index (χ1) is 12.9. The highest BCUT2D eigenvalue weighted by atomic mass is 16.6. The summed E-state index contributed by atoms with van der Waals surface area (Å²) >= 11 is 0. The largest absolute Gasteiger partial charge is 0.289 e. The second kappa shape index (κ2) is 7.61. The van der Waals surface area contributed by atoms with Gasteiger partial charge < -0.3 is 0 Å². The normalized spacial score (nSPS) is 10.9. The highest BCUT2D eigenvalue weighted by Crippen LogP contribution is 2.20. The molecule has 2 N–H and O–H groups in total. The number of H-pyrrole nitrogens is 1. The van der Waals surface area contributed by atoms with Gasteiger partial charge in [0.1, 0.15) is 5.69 Å². The second-order valence-electron chi connectivity index (χ2n) is 6.02. The van der Waals surface area contributed by atoms with Crippen LogP contribution in [0.25, 0.3) is 11.3 Å². The average Bonchev–Trinajstić information content (AvgIpc) is 3.14. The Kier molecular flexibility index (Phi) is 5.07. The van der Waals surface area contributed by atoms with Crippen LogP contribution in [0.5, 0.6) is 0 Å². The van der Waals surface area contributed by atoms with E-state index in [4.69, 9.17) is 0 Å². The lowest BCUT2D eigenvalue weighted by Gasteiger charge is -2.01. The third-order valence-electron chi connectivity index (χ3n) is 4.09. The highest BCUT2D eigenvalue weighted by molar-refractivity contribution is 5.94. The molecule has 8 nitrogen and oxygen atoms in total. The van der Waals surface area contributed by atoms with Gasteiger partial charge >= 0.3 is 0 Å². The van der Waals surface area contributed by atoms with Crippen molar-refractivity contribution < 1.29 is 9.72 Å². The molecule has 0 aliphatic heterocycles. The molecule has 0 aliphatic carbocycles. The van der Waals surface area contributed by atoms with E-state index in [-0.39, 0.29) is 11.4 Å². The fourth-order valence-electron chi connectivity index (χ4n) is 2.43. The number of carbonyl (C=O) groups excluding carboxylic acids is 1. The molecule has 1 heterocycles. The number of hydrogen-bond donors (Lipinski definition) is 2. The van der Waals surface area contributed by atoms with Gasteiger partial charge in [-0.25, -0.2) is 5.43 Å². The van der Waals surface area contributed by atoms with Crippen molar-refractivity contribution in [2.24, 2.45) is 5.10 Å². The van der Waals surface area contributed by atoms with Gasteiger partial charge in [-0.3, -0.25) is 20.0 Å². The lowest BCUT2D eigenvalue weighted by Crippen LogP contribution is -2.18. The van der Waals surface area contributed by atoms with Crippen molar-refractivity contribution in [2.45, 2.75) is 13.8 Å². The molecule has 0 radical (unpaired) electrons. The second-order valence-corrected chi connectivity index (χ2v) is 6.02. The molecule has 0 aliphatic rings. The first kappa shape index (κ1) is 18.0. The molecule has 0 unspecified atom stereocenters. The number of nitrogens with zero attached hydrogens (tertiary/aromatic N) is 3. The van der Waals surface area contributed by atoms with E-state index in [1.165, 1.54) is 23.9 Å². The number of amides is 1. The molecule has 8 heteroatoms. The summed E-state index contributed by atoms with van der Waals surface area (Å²) < 4.78 is 0. The minimum absolute atomic E-state index is 0.0446. The monoisotopic (exact) mass is 363 g/mol. The summed E-state index contributed by atoms with van der Waals surface area (Å²) in [6.45, 7) is 4.05. The summed E-state index contributed by atoms with van der Waals surface area (Å²) in [5.74, 6) is -0.459. The van der Waals surface area contributed by atoms with Crippen LogP contribution in [0.15, 0.2) is 53.6 Å². The zero-order valence-corrected chi connectivity index (χ0v) is 14.8. The van der Waals surface area contributed by atoms with Gasteiger partial charge in [0.05, 0.1) is 16.8 Å². The van der Waals surface area contributed by atoms with E-state index >= 15 is 0 Å². The van der Waals surface area contributed by atoms with Gasteiger partial charge in [0.25, 0.3) is 11.6 Å². The quantitative estimate of drug-likeness (QED) is 0.411. The van der Waals surface area contributed by atoms with E-state index in [1.807, 2.05) is 32.0 Å². The van der Waals surface area contributed by atoms with Crippen molar-refractivity contribution in [3.8, 4) is 11.3 Å². The lowest BCUT2D eigenvalue weighted by atomic mass is 10.0. The number of hydrazone groups is 1. The molecule has 2 aromatic carbocycles. The zero-order valence-electron chi connectivity index (χ0n) is 14.8. The topological polar surface area (TPSA) is 113 Å². The fraction of sp³-hybridized carbons (Fsp3) is 0.105. The number of nitro benzene ring substituents is 1. The Morgan fingerprint density at radius 2 is 2.00 bits per heavy atom. The Balaban J connectivity index is 1.68. The van der Waals surface area contributed by atoms with Crippen LogP contribution >= 0.6 is 0 Å². The molecule has 0 spiro atoms. The van der Waals surface area contributed by atoms with E-state index in [2.05, 4.69) is 20.7 Å². The van der Waals surface area contributed by atoms with Crippen molar-refractivity contribution in [1.82, 2.24) is 15.6 Å². The standard InChI is InChI=1S/C19H17N5O3/c1-12-6-7-15(8-13(12)2)17-10-18(22-21-17)19(25)23-20-11-14-4-3-5-16(9-14)24(26)27/h3-11H,1-2H3,(H,21,22)(H,23,25). The number of aryl methyl sites for hydroxylation is 2. The number of nitrogens with one attached hydrogen (secondary N) is 2. The van der Waals surface area contributed by atoms with Gasteiger partial charge in [0, 0.05) is 23.3 Å². The van der Waals surface area contributed by atoms with Crippen LogP contribution in [0.2, 0.25) is 0 Å². The van der Waals surface area contributed by atoms with Crippen LogP contribution in [0.4, 0.5) is 5.69 Å². The molecular weight excluding hydrogens is 346 g/mol. The number of hydrogen-bond acceptors (Lipinski definition) is 5. The molecule has 0 saturated carbocycles. The maximum Gasteiger partial charge on any atom is 0.289 e. The number of rotatable bonds is 5. The van der Waals surface area contributed by atoms with Gasteiger partial charge in [-0.2, -0.15) is 10.2 Å². The maximum atomic E-state index is 12.2. The molecule has 0 saturated heterocycles. The molecule has 27 heavy (non-hydrogen) atoms. The van der Waals surface area contributed by atoms with Crippen LogP contribution in [0.1, 0.15) is 27.2 Å². The van der Waals surface area contributed by atoms with E-state index < -0.39 is 10.8 Å². The number of benzene rings is 2.